The van der Waals surface area contributed by atoms with Crippen molar-refractivity contribution < 1.29 is 13.2 Å². The lowest BCUT2D eigenvalue weighted by Gasteiger charge is -2.33. The highest BCUT2D eigenvalue weighted by Gasteiger charge is 2.27. The number of halogens is 3. The number of hydrogen-bond acceptors (Lipinski definition) is 5. The van der Waals surface area contributed by atoms with E-state index in [1.165, 1.54) is 6.07 Å². The van der Waals surface area contributed by atoms with Crippen LogP contribution in [0.5, 0.6) is 0 Å². The molecule has 5 nitrogen and oxygen atoms in total. The van der Waals surface area contributed by atoms with E-state index in [9.17, 15) is 13.2 Å². The number of nitrogens with zero attached hydrogens (tertiary/aromatic N) is 4. The molecule has 2 aromatic carbocycles. The highest BCUT2D eigenvalue weighted by Crippen LogP contribution is 2.40. The van der Waals surface area contributed by atoms with Crippen LogP contribution in [0.3, 0.4) is 0 Å². The Kier molecular flexibility index (Phi) is 5.13. The molecule has 0 radical (unpaired) electrons. The first-order valence-electron chi connectivity index (χ1n) is 10.4. The maximum absolute atomic E-state index is 14.9. The molecule has 1 aliphatic heterocycles. The van der Waals surface area contributed by atoms with Gasteiger partial charge in [-0.25, -0.2) is 23.1 Å². The van der Waals surface area contributed by atoms with Crippen molar-refractivity contribution in [3.8, 4) is 22.6 Å². The lowest BCUT2D eigenvalue weighted by molar-refractivity contribution is 0.266. The summed E-state index contributed by atoms with van der Waals surface area (Å²) < 4.78 is 44.0. The summed E-state index contributed by atoms with van der Waals surface area (Å²) in [6.07, 6.45) is 4.15. The standard InChI is InChI=1S/C24H20F3N5/c25-15-6-3-7-16(26)20(15)24-30-22(14-5-4-11-29-13-14)21-18(10-9-17(28)23(21)31-24)32-12-2-1-8-19(32)27/h3-7,9-11,13,19H,1-2,8,12,28H2. The summed E-state index contributed by atoms with van der Waals surface area (Å²) in [7, 11) is 0. The van der Waals surface area contributed by atoms with Crippen molar-refractivity contribution in [3.05, 3.63) is 66.5 Å². The minimum Gasteiger partial charge on any atom is -0.397 e. The first-order valence-corrected chi connectivity index (χ1v) is 10.4. The van der Waals surface area contributed by atoms with E-state index in [-0.39, 0.29) is 11.4 Å². The molecule has 8 heteroatoms. The van der Waals surface area contributed by atoms with Gasteiger partial charge in [0.1, 0.15) is 11.6 Å². The van der Waals surface area contributed by atoms with E-state index in [1.54, 1.807) is 41.6 Å². The predicted octanol–water partition coefficient (Wildman–Crippen LogP) is 5.51. The summed E-state index contributed by atoms with van der Waals surface area (Å²) in [4.78, 5) is 14.8. The topological polar surface area (TPSA) is 67.9 Å². The van der Waals surface area contributed by atoms with Gasteiger partial charge in [0.2, 0.25) is 0 Å². The fraction of sp³-hybridized carbons (Fsp3) is 0.208. The zero-order chi connectivity index (χ0) is 22.2. The van der Waals surface area contributed by atoms with Gasteiger partial charge in [-0.15, -0.1) is 0 Å². The van der Waals surface area contributed by atoms with E-state index in [0.29, 0.717) is 46.5 Å². The Labute approximate surface area is 182 Å². The average Bonchev–Trinajstić information content (AvgIpc) is 2.80. The molecule has 162 valence electrons. The highest BCUT2D eigenvalue weighted by molar-refractivity contribution is 6.07. The number of hydrogen-bond donors (Lipinski definition) is 1. The third kappa shape index (κ3) is 3.41. The molecular formula is C24H20F3N5. The quantitative estimate of drug-likeness (QED) is 0.340. The minimum atomic E-state index is -1.15. The van der Waals surface area contributed by atoms with Gasteiger partial charge in [0.25, 0.3) is 0 Å². The monoisotopic (exact) mass is 435 g/mol. The number of nitrogens with two attached hydrogens (primary N) is 1. The lowest BCUT2D eigenvalue weighted by Crippen LogP contribution is -2.36. The van der Waals surface area contributed by atoms with Crippen LogP contribution in [0.1, 0.15) is 19.3 Å². The van der Waals surface area contributed by atoms with Crippen molar-refractivity contribution in [2.45, 2.75) is 25.6 Å². The van der Waals surface area contributed by atoms with Crippen LogP contribution in [0.15, 0.2) is 54.9 Å². The van der Waals surface area contributed by atoms with E-state index in [1.807, 2.05) is 0 Å². The Hall–Kier alpha value is -3.68. The van der Waals surface area contributed by atoms with Crippen molar-refractivity contribution in [1.82, 2.24) is 15.0 Å². The predicted molar refractivity (Wildman–Crippen MR) is 119 cm³/mol. The SMILES string of the molecule is Nc1ccc(N2CCCCC2F)c2c(-c3cccnc3)nc(-c3c(F)cccc3F)nc12. The molecule has 0 spiro atoms. The van der Waals surface area contributed by atoms with E-state index in [2.05, 4.69) is 15.0 Å². The molecule has 1 fully saturated rings. The number of rotatable bonds is 3. The van der Waals surface area contributed by atoms with Crippen molar-refractivity contribution in [3.63, 3.8) is 0 Å². The highest BCUT2D eigenvalue weighted by atomic mass is 19.1. The van der Waals surface area contributed by atoms with Gasteiger partial charge in [-0.3, -0.25) is 4.98 Å². The molecule has 3 heterocycles. The van der Waals surface area contributed by atoms with Crippen molar-refractivity contribution in [2.75, 3.05) is 17.2 Å². The molecule has 0 bridgehead atoms. The second-order valence-corrected chi connectivity index (χ2v) is 7.76. The number of anilines is 2. The number of fused-ring (bicyclic) bond motifs is 1. The van der Waals surface area contributed by atoms with Crippen LogP contribution < -0.4 is 10.6 Å². The van der Waals surface area contributed by atoms with Crippen LogP contribution in [0.2, 0.25) is 0 Å². The molecule has 2 aromatic heterocycles. The minimum absolute atomic E-state index is 0.133. The molecule has 32 heavy (non-hydrogen) atoms. The molecule has 2 N–H and O–H groups in total. The third-order valence-electron chi connectivity index (χ3n) is 5.72. The summed E-state index contributed by atoms with van der Waals surface area (Å²) in [6, 6.07) is 10.5. The number of nitrogen functional groups attached to an aromatic ring is 1. The Morgan fingerprint density at radius 3 is 2.50 bits per heavy atom. The van der Waals surface area contributed by atoms with Crippen LogP contribution >= 0.6 is 0 Å². The largest absolute Gasteiger partial charge is 0.397 e. The van der Waals surface area contributed by atoms with E-state index in [0.717, 1.165) is 25.0 Å². The van der Waals surface area contributed by atoms with Gasteiger partial charge in [-0.05, 0) is 55.7 Å². The molecule has 0 aliphatic carbocycles. The number of aromatic nitrogens is 3. The molecule has 0 saturated carbocycles. The first kappa shape index (κ1) is 20.2. The van der Waals surface area contributed by atoms with E-state index >= 15 is 0 Å². The molecule has 1 aliphatic rings. The summed E-state index contributed by atoms with van der Waals surface area (Å²) in [6.45, 7) is 0.538. The van der Waals surface area contributed by atoms with Crippen LogP contribution in [0, 0.1) is 11.6 Å². The third-order valence-corrected chi connectivity index (χ3v) is 5.72. The van der Waals surface area contributed by atoms with Gasteiger partial charge in [-0.1, -0.05) is 6.07 Å². The van der Waals surface area contributed by atoms with Gasteiger partial charge >= 0.3 is 0 Å². The summed E-state index contributed by atoms with van der Waals surface area (Å²) in [5.41, 5.74) is 8.13. The lowest BCUT2D eigenvalue weighted by atomic mass is 10.0. The van der Waals surface area contributed by atoms with Gasteiger partial charge in [-0.2, -0.15) is 0 Å². The normalized spacial score (nSPS) is 16.5. The first-order chi connectivity index (χ1) is 15.5. The van der Waals surface area contributed by atoms with Crippen LogP contribution in [-0.4, -0.2) is 27.8 Å². The number of piperidine rings is 1. The molecule has 1 atom stereocenters. The maximum atomic E-state index is 14.9. The summed E-state index contributed by atoms with van der Waals surface area (Å²) in [5.74, 6) is -1.70. The second kappa shape index (κ2) is 8.11. The summed E-state index contributed by atoms with van der Waals surface area (Å²) >= 11 is 0. The van der Waals surface area contributed by atoms with E-state index in [4.69, 9.17) is 5.73 Å². The van der Waals surface area contributed by atoms with E-state index < -0.39 is 17.9 Å². The molecule has 1 saturated heterocycles. The van der Waals surface area contributed by atoms with Crippen LogP contribution in [-0.2, 0) is 0 Å². The maximum Gasteiger partial charge on any atom is 0.172 e. The average molecular weight is 435 g/mol. The Bertz CT molecular complexity index is 1280. The van der Waals surface area contributed by atoms with Gasteiger partial charge in [0, 0.05) is 24.5 Å². The number of benzene rings is 2. The van der Waals surface area contributed by atoms with Gasteiger partial charge in [0.05, 0.1) is 33.5 Å². The zero-order valence-electron chi connectivity index (χ0n) is 17.1. The van der Waals surface area contributed by atoms with Crippen LogP contribution in [0.25, 0.3) is 33.5 Å². The van der Waals surface area contributed by atoms with Crippen LogP contribution in [0.4, 0.5) is 24.5 Å². The molecule has 1 unspecified atom stereocenters. The van der Waals surface area contributed by atoms with Crippen molar-refractivity contribution in [2.24, 2.45) is 0 Å². The Morgan fingerprint density at radius 2 is 1.78 bits per heavy atom. The molecule has 5 rings (SSSR count). The molecular weight excluding hydrogens is 415 g/mol. The summed E-state index contributed by atoms with van der Waals surface area (Å²) in [5, 5.41) is 0.531. The van der Waals surface area contributed by atoms with Gasteiger partial charge < -0.3 is 10.6 Å². The Balaban J connectivity index is 1.86. The smallest absolute Gasteiger partial charge is 0.172 e. The van der Waals surface area contributed by atoms with Crippen molar-refractivity contribution >= 4 is 22.3 Å². The number of alkyl halides is 1. The fourth-order valence-electron chi connectivity index (χ4n) is 4.18. The fourth-order valence-corrected chi connectivity index (χ4v) is 4.18. The van der Waals surface area contributed by atoms with Gasteiger partial charge in [0.15, 0.2) is 12.1 Å². The zero-order valence-corrected chi connectivity index (χ0v) is 17.1. The molecule has 4 aromatic rings. The van der Waals surface area contributed by atoms with Crippen molar-refractivity contribution in [1.29, 1.82) is 0 Å². The molecule has 0 amide bonds. The second-order valence-electron chi connectivity index (χ2n) is 7.76. The Morgan fingerprint density at radius 1 is 0.969 bits per heavy atom. The number of pyridine rings is 1.